The molecule has 118 valence electrons. The fraction of sp³-hybridized carbons (Fsp3) is 0.667. The van der Waals surface area contributed by atoms with Crippen molar-refractivity contribution < 1.29 is 4.39 Å². The molecule has 0 saturated heterocycles. The van der Waals surface area contributed by atoms with Crippen LogP contribution in [0.2, 0.25) is 0 Å². The lowest BCUT2D eigenvalue weighted by Crippen LogP contribution is -2.39. The summed E-state index contributed by atoms with van der Waals surface area (Å²) in [6.07, 6.45) is 7.70. The second kappa shape index (κ2) is 8.28. The number of nitrogens with one attached hydrogen (secondary N) is 1. The molecular weight excluding hydrogens is 329 g/mol. The summed E-state index contributed by atoms with van der Waals surface area (Å²) in [6, 6.07) is 5.57. The SMILES string of the molecule is CCNC(Cc1ccc(F)cc1Br)C1CCC(CC)CC1. The highest BCUT2D eigenvalue weighted by molar-refractivity contribution is 9.10. The Hall–Kier alpha value is -0.410. The lowest BCUT2D eigenvalue weighted by Gasteiger charge is -2.34. The van der Waals surface area contributed by atoms with Gasteiger partial charge in [0.15, 0.2) is 0 Å². The minimum atomic E-state index is -0.172. The third-order valence-corrected chi connectivity index (χ3v) is 5.70. The first kappa shape index (κ1) is 17.0. The summed E-state index contributed by atoms with van der Waals surface area (Å²) in [4.78, 5) is 0. The van der Waals surface area contributed by atoms with Crippen LogP contribution in [0.1, 0.15) is 51.5 Å². The maximum Gasteiger partial charge on any atom is 0.124 e. The second-order valence-corrected chi connectivity index (χ2v) is 7.15. The number of rotatable bonds is 6. The molecule has 0 aromatic heterocycles. The molecule has 2 rings (SSSR count). The van der Waals surface area contributed by atoms with Gasteiger partial charge in [-0.1, -0.05) is 55.1 Å². The molecule has 0 bridgehead atoms. The van der Waals surface area contributed by atoms with Gasteiger partial charge >= 0.3 is 0 Å². The Kier molecular flexibility index (Phi) is 6.69. The highest BCUT2D eigenvalue weighted by atomic mass is 79.9. The Morgan fingerprint density at radius 2 is 1.95 bits per heavy atom. The minimum Gasteiger partial charge on any atom is -0.314 e. The fourth-order valence-electron chi connectivity index (χ4n) is 3.59. The summed E-state index contributed by atoms with van der Waals surface area (Å²) in [5.41, 5.74) is 1.21. The van der Waals surface area contributed by atoms with E-state index in [-0.39, 0.29) is 5.82 Å². The van der Waals surface area contributed by atoms with E-state index in [2.05, 4.69) is 35.1 Å². The number of halogens is 2. The van der Waals surface area contributed by atoms with E-state index in [4.69, 9.17) is 0 Å². The van der Waals surface area contributed by atoms with Crippen molar-refractivity contribution in [1.82, 2.24) is 5.32 Å². The zero-order valence-electron chi connectivity index (χ0n) is 13.2. The average molecular weight is 356 g/mol. The molecule has 1 unspecified atom stereocenters. The van der Waals surface area contributed by atoms with Gasteiger partial charge in [-0.2, -0.15) is 0 Å². The summed E-state index contributed by atoms with van der Waals surface area (Å²) in [5.74, 6) is 1.51. The van der Waals surface area contributed by atoms with Crippen LogP contribution in [0.5, 0.6) is 0 Å². The third-order valence-electron chi connectivity index (χ3n) is 4.96. The van der Waals surface area contributed by atoms with E-state index in [0.717, 1.165) is 29.3 Å². The van der Waals surface area contributed by atoms with Crippen LogP contribution < -0.4 is 5.32 Å². The van der Waals surface area contributed by atoms with Crippen molar-refractivity contribution in [3.8, 4) is 0 Å². The molecule has 21 heavy (non-hydrogen) atoms. The molecule has 0 spiro atoms. The van der Waals surface area contributed by atoms with Gasteiger partial charge in [0.1, 0.15) is 5.82 Å². The molecule has 1 aliphatic rings. The minimum absolute atomic E-state index is 0.172. The maximum atomic E-state index is 13.2. The average Bonchev–Trinajstić information content (AvgIpc) is 2.49. The molecule has 1 nitrogen and oxygen atoms in total. The Morgan fingerprint density at radius 3 is 2.52 bits per heavy atom. The number of likely N-dealkylation sites (N-methyl/N-ethyl adjacent to an activating group) is 1. The summed E-state index contributed by atoms with van der Waals surface area (Å²) >= 11 is 3.50. The number of benzene rings is 1. The molecule has 0 amide bonds. The van der Waals surface area contributed by atoms with Gasteiger partial charge in [-0.05, 0) is 55.3 Å². The molecule has 1 fully saturated rings. The molecular formula is C18H27BrFN. The van der Waals surface area contributed by atoms with Crippen molar-refractivity contribution in [1.29, 1.82) is 0 Å². The van der Waals surface area contributed by atoms with Gasteiger partial charge in [0.25, 0.3) is 0 Å². The van der Waals surface area contributed by atoms with Crippen LogP contribution in [0.4, 0.5) is 4.39 Å². The normalized spacial score (nSPS) is 24.0. The van der Waals surface area contributed by atoms with Crippen molar-refractivity contribution >= 4 is 15.9 Å². The molecule has 0 radical (unpaired) electrons. The van der Waals surface area contributed by atoms with Crippen LogP contribution in [-0.4, -0.2) is 12.6 Å². The first-order valence-corrected chi connectivity index (χ1v) is 9.10. The molecule has 1 aromatic carbocycles. The molecule has 3 heteroatoms. The smallest absolute Gasteiger partial charge is 0.124 e. The van der Waals surface area contributed by atoms with Gasteiger partial charge in [0.2, 0.25) is 0 Å². The zero-order valence-corrected chi connectivity index (χ0v) is 14.8. The molecule has 0 heterocycles. The van der Waals surface area contributed by atoms with Crippen molar-refractivity contribution in [2.75, 3.05) is 6.54 Å². The van der Waals surface area contributed by atoms with E-state index in [9.17, 15) is 4.39 Å². The number of hydrogen-bond donors (Lipinski definition) is 1. The van der Waals surface area contributed by atoms with Gasteiger partial charge in [-0.15, -0.1) is 0 Å². The van der Waals surface area contributed by atoms with Gasteiger partial charge in [0, 0.05) is 10.5 Å². The van der Waals surface area contributed by atoms with Gasteiger partial charge in [0.05, 0.1) is 0 Å². The van der Waals surface area contributed by atoms with E-state index in [0.29, 0.717) is 6.04 Å². The predicted molar refractivity (Wildman–Crippen MR) is 91.0 cm³/mol. The lowest BCUT2D eigenvalue weighted by molar-refractivity contribution is 0.218. The fourth-order valence-corrected chi connectivity index (χ4v) is 4.10. The van der Waals surface area contributed by atoms with Gasteiger partial charge in [-0.3, -0.25) is 0 Å². The van der Waals surface area contributed by atoms with E-state index in [1.165, 1.54) is 37.7 Å². The van der Waals surface area contributed by atoms with E-state index >= 15 is 0 Å². The zero-order chi connectivity index (χ0) is 15.2. The summed E-state index contributed by atoms with van der Waals surface area (Å²) in [6.45, 7) is 5.48. The molecule has 1 saturated carbocycles. The largest absolute Gasteiger partial charge is 0.314 e. The third kappa shape index (κ3) is 4.79. The standard InChI is InChI=1S/C18H27BrFN/c1-3-13-5-7-14(8-6-13)18(21-4-2)11-15-9-10-16(20)12-17(15)19/h9-10,12-14,18,21H,3-8,11H2,1-2H3. The first-order valence-electron chi connectivity index (χ1n) is 8.31. The molecule has 1 N–H and O–H groups in total. The molecule has 1 aliphatic carbocycles. The van der Waals surface area contributed by atoms with Gasteiger partial charge < -0.3 is 5.32 Å². The van der Waals surface area contributed by atoms with E-state index < -0.39 is 0 Å². The maximum absolute atomic E-state index is 13.2. The Bertz CT molecular complexity index is 441. The predicted octanol–water partition coefficient (Wildman–Crippen LogP) is 5.33. The number of hydrogen-bond acceptors (Lipinski definition) is 1. The monoisotopic (exact) mass is 355 g/mol. The molecule has 1 aromatic rings. The van der Waals surface area contributed by atoms with Crippen molar-refractivity contribution in [2.24, 2.45) is 11.8 Å². The molecule has 1 atom stereocenters. The Morgan fingerprint density at radius 1 is 1.24 bits per heavy atom. The topological polar surface area (TPSA) is 12.0 Å². The van der Waals surface area contributed by atoms with Crippen molar-refractivity contribution in [3.63, 3.8) is 0 Å². The summed E-state index contributed by atoms with van der Waals surface area (Å²) in [5, 5.41) is 3.66. The van der Waals surface area contributed by atoms with Crippen LogP contribution in [0.3, 0.4) is 0 Å². The summed E-state index contributed by atoms with van der Waals surface area (Å²) in [7, 11) is 0. The highest BCUT2D eigenvalue weighted by Crippen LogP contribution is 2.34. The Labute approximate surface area is 136 Å². The van der Waals surface area contributed by atoms with Crippen LogP contribution in [0, 0.1) is 17.7 Å². The van der Waals surface area contributed by atoms with E-state index in [1.54, 1.807) is 12.1 Å². The van der Waals surface area contributed by atoms with E-state index in [1.807, 2.05) is 6.07 Å². The summed E-state index contributed by atoms with van der Waals surface area (Å²) < 4.78 is 14.1. The van der Waals surface area contributed by atoms with Crippen LogP contribution >= 0.6 is 15.9 Å². The first-order chi connectivity index (χ1) is 10.1. The van der Waals surface area contributed by atoms with Crippen LogP contribution in [-0.2, 0) is 6.42 Å². The van der Waals surface area contributed by atoms with Crippen LogP contribution in [0.25, 0.3) is 0 Å². The van der Waals surface area contributed by atoms with Crippen LogP contribution in [0.15, 0.2) is 22.7 Å². The van der Waals surface area contributed by atoms with Crippen molar-refractivity contribution in [2.45, 2.75) is 58.4 Å². The van der Waals surface area contributed by atoms with Crippen molar-refractivity contribution in [3.05, 3.63) is 34.1 Å². The second-order valence-electron chi connectivity index (χ2n) is 6.29. The van der Waals surface area contributed by atoms with Gasteiger partial charge in [-0.25, -0.2) is 4.39 Å². The highest BCUT2D eigenvalue weighted by Gasteiger charge is 2.27. The lowest BCUT2D eigenvalue weighted by atomic mass is 9.76. The quantitative estimate of drug-likeness (QED) is 0.727. The Balaban J connectivity index is 2.02. The molecule has 0 aliphatic heterocycles.